The van der Waals surface area contributed by atoms with Crippen LogP contribution < -0.4 is 5.32 Å². The third kappa shape index (κ3) is 4.30. The fourth-order valence-corrected chi connectivity index (χ4v) is 2.46. The van der Waals surface area contributed by atoms with E-state index in [9.17, 15) is 5.11 Å². The van der Waals surface area contributed by atoms with Gasteiger partial charge in [-0.15, -0.1) is 0 Å². The fraction of sp³-hybridized carbons (Fsp3) is 0.438. The standard InChI is InChI=1S/C16H22ClN3O/c1-12(13-5-4-6-15(17)7-13)8-18-11-16(2,21)14-9-19-20(3)10-14/h4-7,9-10,12,18,21H,8,11H2,1-3H3/t12-,16+/m1/s1. The highest BCUT2D eigenvalue weighted by Gasteiger charge is 2.24. The van der Waals surface area contributed by atoms with Crippen molar-refractivity contribution in [1.82, 2.24) is 15.1 Å². The Hall–Kier alpha value is -1.36. The minimum Gasteiger partial charge on any atom is -0.384 e. The Morgan fingerprint density at radius 2 is 2.24 bits per heavy atom. The highest BCUT2D eigenvalue weighted by Crippen LogP contribution is 2.21. The van der Waals surface area contributed by atoms with Crippen molar-refractivity contribution < 1.29 is 5.11 Å². The van der Waals surface area contributed by atoms with Crippen molar-refractivity contribution >= 4 is 11.6 Å². The molecule has 0 spiro atoms. The predicted molar refractivity (Wildman–Crippen MR) is 85.5 cm³/mol. The molecule has 4 nitrogen and oxygen atoms in total. The van der Waals surface area contributed by atoms with Gasteiger partial charge >= 0.3 is 0 Å². The molecule has 0 fully saturated rings. The van der Waals surface area contributed by atoms with E-state index >= 15 is 0 Å². The van der Waals surface area contributed by atoms with Crippen molar-refractivity contribution in [2.75, 3.05) is 13.1 Å². The second-order valence-electron chi connectivity index (χ2n) is 5.76. The molecule has 5 heteroatoms. The summed E-state index contributed by atoms with van der Waals surface area (Å²) in [4.78, 5) is 0. The summed E-state index contributed by atoms with van der Waals surface area (Å²) in [5, 5.41) is 18.7. The van der Waals surface area contributed by atoms with Gasteiger partial charge < -0.3 is 10.4 Å². The average molecular weight is 308 g/mol. The molecule has 0 unspecified atom stereocenters. The molecular formula is C16H22ClN3O. The first kappa shape index (κ1) is 16.0. The van der Waals surface area contributed by atoms with Crippen LogP contribution in [-0.2, 0) is 12.6 Å². The number of aryl methyl sites for hydroxylation is 1. The first-order valence-electron chi connectivity index (χ1n) is 7.06. The summed E-state index contributed by atoms with van der Waals surface area (Å²) in [6.45, 7) is 5.18. The number of benzene rings is 1. The van der Waals surface area contributed by atoms with Crippen molar-refractivity contribution in [2.24, 2.45) is 7.05 Å². The van der Waals surface area contributed by atoms with E-state index in [4.69, 9.17) is 11.6 Å². The normalized spacial score (nSPS) is 15.7. The lowest BCUT2D eigenvalue weighted by Gasteiger charge is -2.23. The zero-order chi connectivity index (χ0) is 15.5. The third-order valence-electron chi connectivity index (χ3n) is 3.66. The van der Waals surface area contributed by atoms with Gasteiger partial charge in [-0.3, -0.25) is 4.68 Å². The van der Waals surface area contributed by atoms with Crippen LogP contribution >= 0.6 is 11.6 Å². The van der Waals surface area contributed by atoms with Gasteiger partial charge in [0.15, 0.2) is 0 Å². The predicted octanol–water partition coefficient (Wildman–Crippen LogP) is 2.67. The monoisotopic (exact) mass is 307 g/mol. The van der Waals surface area contributed by atoms with E-state index in [0.29, 0.717) is 12.5 Å². The molecule has 0 saturated heterocycles. The van der Waals surface area contributed by atoms with E-state index in [0.717, 1.165) is 17.1 Å². The van der Waals surface area contributed by atoms with Crippen LogP contribution in [0.2, 0.25) is 5.02 Å². The number of nitrogens with one attached hydrogen (secondary N) is 1. The van der Waals surface area contributed by atoms with Crippen LogP contribution in [0.3, 0.4) is 0 Å². The molecule has 0 aliphatic heterocycles. The van der Waals surface area contributed by atoms with Gasteiger partial charge in [0.05, 0.1) is 6.20 Å². The number of aromatic nitrogens is 2. The highest BCUT2D eigenvalue weighted by atomic mass is 35.5. The fourth-order valence-electron chi connectivity index (χ4n) is 2.26. The number of hydrogen-bond donors (Lipinski definition) is 2. The molecule has 1 heterocycles. The van der Waals surface area contributed by atoms with Crippen LogP contribution in [-0.4, -0.2) is 28.0 Å². The highest BCUT2D eigenvalue weighted by molar-refractivity contribution is 6.30. The Labute approximate surface area is 130 Å². The molecule has 0 saturated carbocycles. The summed E-state index contributed by atoms with van der Waals surface area (Å²) < 4.78 is 1.69. The maximum atomic E-state index is 10.5. The number of rotatable bonds is 6. The largest absolute Gasteiger partial charge is 0.384 e. The summed E-state index contributed by atoms with van der Waals surface area (Å²) >= 11 is 6.01. The molecule has 1 aromatic heterocycles. The van der Waals surface area contributed by atoms with Gasteiger partial charge in [-0.2, -0.15) is 5.10 Å². The van der Waals surface area contributed by atoms with Crippen molar-refractivity contribution in [3.05, 3.63) is 52.8 Å². The lowest BCUT2D eigenvalue weighted by Crippen LogP contribution is -2.36. The zero-order valence-electron chi connectivity index (χ0n) is 12.7. The molecule has 21 heavy (non-hydrogen) atoms. The Morgan fingerprint density at radius 3 is 2.86 bits per heavy atom. The van der Waals surface area contributed by atoms with E-state index in [2.05, 4.69) is 23.4 Å². The molecule has 0 amide bonds. The van der Waals surface area contributed by atoms with Crippen molar-refractivity contribution in [2.45, 2.75) is 25.4 Å². The van der Waals surface area contributed by atoms with Crippen LogP contribution in [0.4, 0.5) is 0 Å². The minimum absolute atomic E-state index is 0.327. The van der Waals surface area contributed by atoms with Gasteiger partial charge in [0.25, 0.3) is 0 Å². The summed E-state index contributed by atoms with van der Waals surface area (Å²) in [7, 11) is 1.84. The molecule has 114 valence electrons. The number of hydrogen-bond acceptors (Lipinski definition) is 3. The molecule has 0 radical (unpaired) electrons. The van der Waals surface area contributed by atoms with E-state index in [-0.39, 0.29) is 0 Å². The zero-order valence-corrected chi connectivity index (χ0v) is 13.4. The van der Waals surface area contributed by atoms with Gasteiger partial charge in [0.2, 0.25) is 0 Å². The third-order valence-corrected chi connectivity index (χ3v) is 3.90. The maximum Gasteiger partial charge on any atom is 0.102 e. The quantitative estimate of drug-likeness (QED) is 0.862. The average Bonchev–Trinajstić information content (AvgIpc) is 2.86. The molecule has 0 aliphatic rings. The van der Waals surface area contributed by atoms with Crippen molar-refractivity contribution in [3.63, 3.8) is 0 Å². The number of aliphatic hydroxyl groups is 1. The van der Waals surface area contributed by atoms with Crippen LogP contribution in [0.1, 0.15) is 30.9 Å². The van der Waals surface area contributed by atoms with Gasteiger partial charge in [-0.25, -0.2) is 0 Å². The van der Waals surface area contributed by atoms with Crippen LogP contribution in [0.25, 0.3) is 0 Å². The topological polar surface area (TPSA) is 50.1 Å². The first-order valence-corrected chi connectivity index (χ1v) is 7.44. The minimum atomic E-state index is -0.928. The second kappa shape index (κ2) is 6.60. The van der Waals surface area contributed by atoms with Gasteiger partial charge in [-0.1, -0.05) is 30.7 Å². The smallest absolute Gasteiger partial charge is 0.102 e. The van der Waals surface area contributed by atoms with E-state index < -0.39 is 5.60 Å². The molecule has 2 rings (SSSR count). The Morgan fingerprint density at radius 1 is 1.48 bits per heavy atom. The van der Waals surface area contributed by atoms with E-state index in [1.165, 1.54) is 5.56 Å². The Balaban J connectivity index is 1.89. The molecule has 1 aromatic carbocycles. The summed E-state index contributed by atoms with van der Waals surface area (Å²) in [5.41, 5.74) is 1.08. The molecule has 2 aromatic rings. The van der Waals surface area contributed by atoms with E-state index in [1.807, 2.05) is 31.4 Å². The van der Waals surface area contributed by atoms with Crippen LogP contribution in [0, 0.1) is 0 Å². The second-order valence-corrected chi connectivity index (χ2v) is 6.20. The molecule has 2 atom stereocenters. The SMILES string of the molecule is C[C@H](CNC[C@](C)(O)c1cnn(C)c1)c1cccc(Cl)c1. The summed E-state index contributed by atoms with van der Waals surface area (Å²) in [5.74, 6) is 0.327. The van der Waals surface area contributed by atoms with Crippen LogP contribution in [0.5, 0.6) is 0 Å². The Kier molecular flexibility index (Phi) is 5.04. The number of halogens is 1. The van der Waals surface area contributed by atoms with Gasteiger partial charge in [0, 0.05) is 36.9 Å². The summed E-state index contributed by atoms with van der Waals surface area (Å²) in [6, 6.07) is 7.88. The maximum absolute atomic E-state index is 10.5. The molecular weight excluding hydrogens is 286 g/mol. The molecule has 0 aliphatic carbocycles. The van der Waals surface area contributed by atoms with Gasteiger partial charge in [0.1, 0.15) is 5.60 Å². The van der Waals surface area contributed by atoms with Crippen molar-refractivity contribution in [3.8, 4) is 0 Å². The van der Waals surface area contributed by atoms with Crippen LogP contribution in [0.15, 0.2) is 36.7 Å². The lowest BCUT2D eigenvalue weighted by atomic mass is 9.98. The molecule has 0 bridgehead atoms. The van der Waals surface area contributed by atoms with Crippen molar-refractivity contribution in [1.29, 1.82) is 0 Å². The Bertz CT molecular complexity index is 595. The lowest BCUT2D eigenvalue weighted by molar-refractivity contribution is 0.0568. The molecule has 2 N–H and O–H groups in total. The summed E-state index contributed by atoms with van der Waals surface area (Å²) in [6.07, 6.45) is 3.53. The van der Waals surface area contributed by atoms with Gasteiger partial charge in [-0.05, 0) is 30.5 Å². The van der Waals surface area contributed by atoms with E-state index in [1.54, 1.807) is 17.8 Å². The first-order chi connectivity index (χ1) is 9.88. The number of nitrogens with zero attached hydrogens (tertiary/aromatic N) is 2.